The van der Waals surface area contributed by atoms with E-state index in [1.54, 1.807) is 20.4 Å². The van der Waals surface area contributed by atoms with Gasteiger partial charge in [0, 0.05) is 32.0 Å². The van der Waals surface area contributed by atoms with Crippen molar-refractivity contribution in [3.05, 3.63) is 18.0 Å². The van der Waals surface area contributed by atoms with Crippen molar-refractivity contribution in [1.29, 1.82) is 0 Å². The lowest BCUT2D eigenvalue weighted by molar-refractivity contribution is -0.139. The number of carboxylic acid groups (broad SMARTS) is 1. The molecule has 3 N–H and O–H groups in total. The molecule has 2 amide bonds. The highest BCUT2D eigenvalue weighted by atomic mass is 16.5. The fourth-order valence-corrected chi connectivity index (χ4v) is 2.52. The minimum absolute atomic E-state index is 0.0123. The molecular formula is C13H20N4O4. The number of urea groups is 1. The second-order valence-electron chi connectivity index (χ2n) is 5.20. The average molecular weight is 296 g/mol. The third-order valence-corrected chi connectivity index (χ3v) is 3.63. The lowest BCUT2D eigenvalue weighted by atomic mass is 10.1. The van der Waals surface area contributed by atoms with Gasteiger partial charge in [-0.2, -0.15) is 5.10 Å². The first-order valence-corrected chi connectivity index (χ1v) is 6.80. The number of ether oxygens (including phenoxy) is 1. The Morgan fingerprint density at radius 2 is 2.29 bits per heavy atom. The van der Waals surface area contributed by atoms with Gasteiger partial charge >= 0.3 is 12.0 Å². The Balaban J connectivity index is 1.92. The van der Waals surface area contributed by atoms with Gasteiger partial charge in [0.1, 0.15) is 0 Å². The van der Waals surface area contributed by atoms with Gasteiger partial charge in [-0.3, -0.25) is 4.68 Å². The van der Waals surface area contributed by atoms with E-state index in [0.717, 1.165) is 19.3 Å². The minimum Gasteiger partial charge on any atom is -0.479 e. The monoisotopic (exact) mass is 296 g/mol. The second kappa shape index (κ2) is 6.57. The number of aromatic nitrogens is 2. The van der Waals surface area contributed by atoms with Crippen molar-refractivity contribution < 1.29 is 19.4 Å². The lowest BCUT2D eigenvalue weighted by Crippen LogP contribution is -2.44. The molecule has 0 spiro atoms. The molecule has 1 aromatic rings. The smallest absolute Gasteiger partial charge is 0.331 e. The fraction of sp³-hybridized carbons (Fsp3) is 0.615. The number of carboxylic acids is 1. The number of aryl methyl sites for hydroxylation is 1. The summed E-state index contributed by atoms with van der Waals surface area (Å²) in [5.74, 6) is -1.13. The molecule has 1 aromatic heterocycles. The Hall–Kier alpha value is -2.09. The molecule has 116 valence electrons. The topological polar surface area (TPSA) is 105 Å². The van der Waals surface area contributed by atoms with E-state index >= 15 is 0 Å². The maximum atomic E-state index is 11.9. The maximum absolute atomic E-state index is 11.9. The SMILES string of the molecule is COC1CCC(NC(=O)NC(C(=O)O)c2cnn(C)c2)C1. The quantitative estimate of drug-likeness (QED) is 0.730. The Labute approximate surface area is 122 Å². The van der Waals surface area contributed by atoms with Crippen LogP contribution in [0.2, 0.25) is 0 Å². The van der Waals surface area contributed by atoms with Gasteiger partial charge in [0.2, 0.25) is 0 Å². The van der Waals surface area contributed by atoms with E-state index in [1.165, 1.54) is 10.9 Å². The van der Waals surface area contributed by atoms with E-state index in [4.69, 9.17) is 4.74 Å². The number of hydrogen-bond acceptors (Lipinski definition) is 4. The van der Waals surface area contributed by atoms with Crippen LogP contribution in [0.1, 0.15) is 30.9 Å². The average Bonchev–Trinajstić information content (AvgIpc) is 3.04. The highest BCUT2D eigenvalue weighted by Crippen LogP contribution is 2.21. The van der Waals surface area contributed by atoms with Crippen LogP contribution < -0.4 is 10.6 Å². The number of carbonyl (C=O) groups is 2. The molecule has 1 heterocycles. The molecule has 8 heteroatoms. The lowest BCUT2D eigenvalue weighted by Gasteiger charge is -2.17. The summed E-state index contributed by atoms with van der Waals surface area (Å²) in [4.78, 5) is 23.2. The number of methoxy groups -OCH3 is 1. The molecule has 0 saturated heterocycles. The summed E-state index contributed by atoms with van der Waals surface area (Å²) in [6.45, 7) is 0. The molecule has 0 bridgehead atoms. The molecule has 0 aliphatic heterocycles. The van der Waals surface area contributed by atoms with Crippen molar-refractivity contribution in [3.63, 3.8) is 0 Å². The van der Waals surface area contributed by atoms with Gasteiger partial charge in [-0.15, -0.1) is 0 Å². The van der Waals surface area contributed by atoms with Gasteiger partial charge in [0.05, 0.1) is 12.3 Å². The summed E-state index contributed by atoms with van der Waals surface area (Å²) in [7, 11) is 3.34. The summed E-state index contributed by atoms with van der Waals surface area (Å²) in [6, 6.07) is -1.59. The van der Waals surface area contributed by atoms with Crippen LogP contribution in [-0.4, -0.2) is 46.1 Å². The number of hydrogen-bond donors (Lipinski definition) is 3. The van der Waals surface area contributed by atoms with Crippen molar-refractivity contribution in [2.75, 3.05) is 7.11 Å². The van der Waals surface area contributed by atoms with Gasteiger partial charge < -0.3 is 20.5 Å². The van der Waals surface area contributed by atoms with Crippen LogP contribution in [0.25, 0.3) is 0 Å². The molecule has 21 heavy (non-hydrogen) atoms. The van der Waals surface area contributed by atoms with E-state index in [1.807, 2.05) is 0 Å². The largest absolute Gasteiger partial charge is 0.479 e. The minimum atomic E-state index is -1.13. The third kappa shape index (κ3) is 3.94. The Kier molecular flexibility index (Phi) is 4.79. The predicted molar refractivity (Wildman–Crippen MR) is 73.7 cm³/mol. The zero-order valence-corrected chi connectivity index (χ0v) is 12.1. The molecule has 0 radical (unpaired) electrons. The van der Waals surface area contributed by atoms with Gasteiger partial charge in [0.15, 0.2) is 6.04 Å². The van der Waals surface area contributed by atoms with Crippen LogP contribution in [0.15, 0.2) is 12.4 Å². The summed E-state index contributed by atoms with van der Waals surface area (Å²) >= 11 is 0. The first kappa shape index (κ1) is 15.3. The molecule has 8 nitrogen and oxygen atoms in total. The highest BCUT2D eigenvalue weighted by molar-refractivity contribution is 5.83. The van der Waals surface area contributed by atoms with E-state index < -0.39 is 18.0 Å². The number of nitrogens with zero attached hydrogens (tertiary/aromatic N) is 2. The summed E-state index contributed by atoms with van der Waals surface area (Å²) in [6.07, 6.45) is 5.62. The number of carbonyl (C=O) groups excluding carboxylic acids is 1. The van der Waals surface area contributed by atoms with Crippen molar-refractivity contribution in [1.82, 2.24) is 20.4 Å². The van der Waals surface area contributed by atoms with Crippen molar-refractivity contribution in [2.24, 2.45) is 7.05 Å². The molecule has 0 aromatic carbocycles. The zero-order valence-electron chi connectivity index (χ0n) is 12.1. The number of nitrogens with one attached hydrogen (secondary N) is 2. The second-order valence-corrected chi connectivity index (χ2v) is 5.20. The number of amides is 2. The highest BCUT2D eigenvalue weighted by Gasteiger charge is 2.28. The van der Waals surface area contributed by atoms with Gasteiger partial charge in [-0.25, -0.2) is 9.59 Å². The van der Waals surface area contributed by atoms with Crippen LogP contribution in [0.3, 0.4) is 0 Å². The standard InChI is InChI=1S/C13H20N4O4/c1-17-7-8(6-14-17)11(12(18)19)16-13(20)15-9-3-4-10(5-9)21-2/h6-7,9-11H,3-5H2,1-2H3,(H,18,19)(H2,15,16,20). The van der Waals surface area contributed by atoms with Gasteiger partial charge in [-0.1, -0.05) is 0 Å². The Bertz CT molecular complexity index is 516. The molecule has 1 aliphatic rings. The summed E-state index contributed by atoms with van der Waals surface area (Å²) < 4.78 is 6.73. The van der Waals surface area contributed by atoms with Crippen molar-refractivity contribution >= 4 is 12.0 Å². The van der Waals surface area contributed by atoms with Crippen molar-refractivity contribution in [2.45, 2.75) is 37.5 Å². The van der Waals surface area contributed by atoms with Crippen LogP contribution in [0.5, 0.6) is 0 Å². The third-order valence-electron chi connectivity index (χ3n) is 3.63. The molecule has 3 atom stereocenters. The van der Waals surface area contributed by atoms with Gasteiger partial charge in [0.25, 0.3) is 0 Å². The Morgan fingerprint density at radius 3 is 2.81 bits per heavy atom. The molecule has 3 unspecified atom stereocenters. The van der Waals surface area contributed by atoms with Gasteiger partial charge in [-0.05, 0) is 19.3 Å². The maximum Gasteiger partial charge on any atom is 0.331 e. The van der Waals surface area contributed by atoms with Crippen LogP contribution >= 0.6 is 0 Å². The van der Waals surface area contributed by atoms with Crippen molar-refractivity contribution in [3.8, 4) is 0 Å². The number of aliphatic carboxylic acids is 1. The summed E-state index contributed by atoms with van der Waals surface area (Å²) in [5.41, 5.74) is 0.432. The van der Waals surface area contributed by atoms with E-state index in [9.17, 15) is 14.7 Å². The van der Waals surface area contributed by atoms with E-state index in [2.05, 4.69) is 15.7 Å². The van der Waals surface area contributed by atoms with Crippen LogP contribution in [0, 0.1) is 0 Å². The molecular weight excluding hydrogens is 276 g/mol. The Morgan fingerprint density at radius 1 is 1.52 bits per heavy atom. The predicted octanol–water partition coefficient (Wildman–Crippen LogP) is 0.413. The molecule has 1 saturated carbocycles. The first-order chi connectivity index (χ1) is 9.99. The van der Waals surface area contributed by atoms with Crippen LogP contribution in [-0.2, 0) is 16.6 Å². The molecule has 1 aliphatic carbocycles. The molecule has 2 rings (SSSR count). The van der Waals surface area contributed by atoms with Crippen LogP contribution in [0.4, 0.5) is 4.79 Å². The fourth-order valence-electron chi connectivity index (χ4n) is 2.52. The summed E-state index contributed by atoms with van der Waals surface area (Å²) in [5, 5.41) is 18.4. The zero-order chi connectivity index (χ0) is 15.4. The van der Waals surface area contributed by atoms with E-state index in [-0.39, 0.29) is 12.1 Å². The number of rotatable bonds is 5. The normalized spacial score (nSPS) is 22.8. The molecule has 1 fully saturated rings. The first-order valence-electron chi connectivity index (χ1n) is 6.80. The van der Waals surface area contributed by atoms with E-state index in [0.29, 0.717) is 5.56 Å².